The van der Waals surface area contributed by atoms with Gasteiger partial charge >= 0.3 is 0 Å². The molecule has 0 aliphatic carbocycles. The lowest BCUT2D eigenvalue weighted by Crippen LogP contribution is -2.43. The fourth-order valence-corrected chi connectivity index (χ4v) is 2.58. The minimum absolute atomic E-state index is 0.164. The third-order valence-electron chi connectivity index (χ3n) is 3.63. The number of rotatable bonds is 8. The molecule has 0 fully saturated rings. The van der Waals surface area contributed by atoms with Gasteiger partial charge in [-0.1, -0.05) is 74.5 Å². The highest BCUT2D eigenvalue weighted by atomic mass is 15.5. The zero-order chi connectivity index (χ0) is 16.5. The third-order valence-corrected chi connectivity index (χ3v) is 3.63. The van der Waals surface area contributed by atoms with Gasteiger partial charge in [-0.2, -0.15) is 5.26 Å². The maximum absolute atomic E-state index is 9.42. The fraction of sp³-hybridized carbons (Fsp3) is 0.350. The van der Waals surface area contributed by atoms with Crippen molar-refractivity contribution < 1.29 is 0 Å². The minimum Gasteiger partial charge on any atom is -0.237 e. The molecule has 0 spiro atoms. The predicted octanol–water partition coefficient (Wildman–Crippen LogP) is 4.13. The van der Waals surface area contributed by atoms with Crippen molar-refractivity contribution in [1.29, 1.82) is 5.26 Å². The first kappa shape index (κ1) is 17.2. The first-order valence-electron chi connectivity index (χ1n) is 8.16. The maximum atomic E-state index is 9.42. The molecular formula is C20H25N3. The molecule has 0 saturated carbocycles. The van der Waals surface area contributed by atoms with Gasteiger partial charge in [-0.15, -0.1) is 0 Å². The summed E-state index contributed by atoms with van der Waals surface area (Å²) in [6, 6.07) is 22.9. The van der Waals surface area contributed by atoms with Crippen LogP contribution in [-0.4, -0.2) is 11.1 Å². The van der Waals surface area contributed by atoms with E-state index in [0.717, 1.165) is 19.5 Å². The van der Waals surface area contributed by atoms with Gasteiger partial charge in [0.25, 0.3) is 0 Å². The zero-order valence-corrected chi connectivity index (χ0v) is 13.9. The van der Waals surface area contributed by atoms with E-state index in [0.29, 0.717) is 5.92 Å². The average Bonchev–Trinajstić information content (AvgIpc) is 2.55. The molecule has 0 saturated heterocycles. The second-order valence-electron chi connectivity index (χ2n) is 6.27. The Balaban J connectivity index is 2.08. The van der Waals surface area contributed by atoms with Crippen molar-refractivity contribution >= 4 is 0 Å². The van der Waals surface area contributed by atoms with Crippen LogP contribution in [0.3, 0.4) is 0 Å². The lowest BCUT2D eigenvalue weighted by atomic mass is 10.1. The van der Waals surface area contributed by atoms with E-state index in [1.165, 1.54) is 11.1 Å². The van der Waals surface area contributed by atoms with Crippen LogP contribution >= 0.6 is 0 Å². The zero-order valence-electron chi connectivity index (χ0n) is 13.9. The Kier molecular flexibility index (Phi) is 6.80. The second kappa shape index (κ2) is 9.09. The monoisotopic (exact) mass is 307 g/mol. The molecule has 0 radical (unpaired) electrons. The van der Waals surface area contributed by atoms with Gasteiger partial charge < -0.3 is 0 Å². The van der Waals surface area contributed by atoms with Gasteiger partial charge in [0.2, 0.25) is 0 Å². The van der Waals surface area contributed by atoms with Crippen molar-refractivity contribution in [2.24, 2.45) is 5.92 Å². The Labute approximate surface area is 139 Å². The molecule has 0 aliphatic heterocycles. The quantitative estimate of drug-likeness (QED) is 0.745. The van der Waals surface area contributed by atoms with Gasteiger partial charge in [0, 0.05) is 13.1 Å². The molecule has 0 unspecified atom stereocenters. The molecule has 0 heterocycles. The number of hydrogen-bond donors (Lipinski definition) is 1. The molecule has 120 valence electrons. The van der Waals surface area contributed by atoms with Gasteiger partial charge in [-0.05, 0) is 23.5 Å². The van der Waals surface area contributed by atoms with Crippen LogP contribution in [0.1, 0.15) is 31.4 Å². The summed E-state index contributed by atoms with van der Waals surface area (Å²) in [4.78, 5) is 0. The van der Waals surface area contributed by atoms with Crippen molar-refractivity contribution in [3.8, 4) is 6.07 Å². The Bertz CT molecular complexity index is 560. The van der Waals surface area contributed by atoms with Crippen LogP contribution in [0.4, 0.5) is 0 Å². The van der Waals surface area contributed by atoms with Crippen LogP contribution < -0.4 is 5.43 Å². The van der Waals surface area contributed by atoms with Gasteiger partial charge in [0.15, 0.2) is 0 Å². The van der Waals surface area contributed by atoms with Gasteiger partial charge in [-0.25, -0.2) is 10.4 Å². The summed E-state index contributed by atoms with van der Waals surface area (Å²) in [5.74, 6) is 0.488. The molecule has 23 heavy (non-hydrogen) atoms. The highest BCUT2D eigenvalue weighted by Crippen LogP contribution is 2.11. The molecule has 0 aliphatic rings. The molecule has 2 rings (SSSR count). The molecule has 0 bridgehead atoms. The van der Waals surface area contributed by atoms with E-state index in [2.05, 4.69) is 54.6 Å². The molecule has 3 nitrogen and oxygen atoms in total. The molecule has 2 aromatic carbocycles. The standard InChI is InChI=1S/C20H25N3/c1-17(2)13-20(14-21)22-23(15-18-9-5-3-6-10-18)16-19-11-7-4-8-12-19/h3-12,17,20,22H,13,15-16H2,1-2H3/t20-/m0/s1. The topological polar surface area (TPSA) is 39.1 Å². The number of hydrazine groups is 1. The van der Waals surface area contributed by atoms with Crippen molar-refractivity contribution in [3.05, 3.63) is 71.8 Å². The van der Waals surface area contributed by atoms with Gasteiger partial charge in [-0.3, -0.25) is 0 Å². The van der Waals surface area contributed by atoms with E-state index in [-0.39, 0.29) is 6.04 Å². The van der Waals surface area contributed by atoms with Crippen molar-refractivity contribution in [2.75, 3.05) is 0 Å². The molecule has 3 heteroatoms. The van der Waals surface area contributed by atoms with Crippen LogP contribution in [0.25, 0.3) is 0 Å². The second-order valence-corrected chi connectivity index (χ2v) is 6.27. The van der Waals surface area contributed by atoms with E-state index in [4.69, 9.17) is 0 Å². The summed E-state index contributed by atoms with van der Waals surface area (Å²) < 4.78 is 0. The number of benzene rings is 2. The predicted molar refractivity (Wildman–Crippen MR) is 94.1 cm³/mol. The van der Waals surface area contributed by atoms with E-state index in [1.807, 2.05) is 36.4 Å². The molecule has 1 atom stereocenters. The van der Waals surface area contributed by atoms with Gasteiger partial charge in [0.05, 0.1) is 6.07 Å². The normalized spacial score (nSPS) is 12.3. The summed E-state index contributed by atoms with van der Waals surface area (Å²) >= 11 is 0. The van der Waals surface area contributed by atoms with Crippen molar-refractivity contribution in [3.63, 3.8) is 0 Å². The van der Waals surface area contributed by atoms with E-state index >= 15 is 0 Å². The highest BCUT2D eigenvalue weighted by molar-refractivity contribution is 5.17. The Hall–Kier alpha value is -2.15. The summed E-state index contributed by atoms with van der Waals surface area (Å²) in [6.45, 7) is 5.83. The summed E-state index contributed by atoms with van der Waals surface area (Å²) in [7, 11) is 0. The number of nitriles is 1. The van der Waals surface area contributed by atoms with Crippen LogP contribution in [-0.2, 0) is 13.1 Å². The van der Waals surface area contributed by atoms with E-state index in [1.54, 1.807) is 0 Å². The Morgan fingerprint density at radius 1 is 0.913 bits per heavy atom. The SMILES string of the molecule is CC(C)C[C@@H](C#N)NN(Cc1ccccc1)Cc1ccccc1. The molecule has 0 amide bonds. The van der Waals surface area contributed by atoms with Crippen molar-refractivity contribution in [2.45, 2.75) is 39.4 Å². The van der Waals surface area contributed by atoms with Crippen LogP contribution in [0.2, 0.25) is 0 Å². The lowest BCUT2D eigenvalue weighted by Gasteiger charge is -2.27. The molecule has 2 aromatic rings. The summed E-state index contributed by atoms with van der Waals surface area (Å²) in [5, 5.41) is 11.6. The summed E-state index contributed by atoms with van der Waals surface area (Å²) in [5.41, 5.74) is 5.87. The number of nitrogens with zero attached hydrogens (tertiary/aromatic N) is 2. The number of hydrogen-bond acceptors (Lipinski definition) is 3. The van der Waals surface area contributed by atoms with Gasteiger partial charge in [0.1, 0.15) is 6.04 Å². The Morgan fingerprint density at radius 2 is 1.39 bits per heavy atom. The molecule has 1 N–H and O–H groups in total. The number of nitrogens with one attached hydrogen (secondary N) is 1. The third kappa shape index (κ3) is 6.23. The largest absolute Gasteiger partial charge is 0.237 e. The minimum atomic E-state index is -0.164. The molecule has 0 aromatic heterocycles. The maximum Gasteiger partial charge on any atom is 0.108 e. The first-order chi connectivity index (χ1) is 11.2. The fourth-order valence-electron chi connectivity index (χ4n) is 2.58. The smallest absolute Gasteiger partial charge is 0.108 e. The van der Waals surface area contributed by atoms with Crippen LogP contribution in [0, 0.1) is 17.2 Å². The lowest BCUT2D eigenvalue weighted by molar-refractivity contribution is 0.146. The van der Waals surface area contributed by atoms with E-state index in [9.17, 15) is 5.26 Å². The van der Waals surface area contributed by atoms with Crippen LogP contribution in [0.5, 0.6) is 0 Å². The average molecular weight is 307 g/mol. The van der Waals surface area contributed by atoms with Crippen LogP contribution in [0.15, 0.2) is 60.7 Å². The van der Waals surface area contributed by atoms with Crippen molar-refractivity contribution in [1.82, 2.24) is 10.4 Å². The summed E-state index contributed by atoms with van der Waals surface area (Å²) in [6.07, 6.45) is 0.844. The molecular weight excluding hydrogens is 282 g/mol. The Morgan fingerprint density at radius 3 is 1.78 bits per heavy atom. The van der Waals surface area contributed by atoms with E-state index < -0.39 is 0 Å². The first-order valence-corrected chi connectivity index (χ1v) is 8.16. The highest BCUT2D eigenvalue weighted by Gasteiger charge is 2.15.